The number of hydrogen-bond donors (Lipinski definition) is 0. The summed E-state index contributed by atoms with van der Waals surface area (Å²) < 4.78 is 0. The van der Waals surface area contributed by atoms with Crippen molar-refractivity contribution in [1.82, 2.24) is 9.97 Å². The van der Waals surface area contributed by atoms with E-state index in [4.69, 9.17) is 0 Å². The largest absolute Gasteiger partial charge is 1.00 e. The molecule has 138 valence electrons. The van der Waals surface area contributed by atoms with E-state index < -0.39 is 7.26 Å². The SMILES string of the molecule is CCC[Se]CC[P+](C)(CCc1ccncc1)CCc1ccncc1.[I-]. The minimum absolute atomic E-state index is 0. The minimum atomic E-state index is -0.866. The van der Waals surface area contributed by atoms with Gasteiger partial charge in [-0.15, -0.1) is 0 Å². The van der Waals surface area contributed by atoms with Crippen LogP contribution in [-0.2, 0) is 12.8 Å². The molecule has 2 heterocycles. The summed E-state index contributed by atoms with van der Waals surface area (Å²) in [4.78, 5) is 8.28. The van der Waals surface area contributed by atoms with Gasteiger partial charge in [-0.25, -0.2) is 0 Å². The van der Waals surface area contributed by atoms with E-state index in [-0.39, 0.29) is 24.0 Å². The Morgan fingerprint density at radius 3 is 1.72 bits per heavy atom. The number of rotatable bonds is 11. The van der Waals surface area contributed by atoms with Crippen molar-refractivity contribution < 1.29 is 24.0 Å². The fourth-order valence-electron chi connectivity index (χ4n) is 2.76. The average Bonchev–Trinajstić information content (AvgIpc) is 2.64. The smallest absolute Gasteiger partial charge is 1.00 e. The standard InChI is InChI=1S/C20H30N2PSe.HI/c1-3-17-24-18-16-23(2,14-8-19-4-10-21-11-5-19)15-9-20-6-12-22-13-7-20;/h4-7,10-13H,3,8-9,14-18H2,1-2H3;1H/q+1;/p-1. The number of nitrogens with zero attached hydrogens (tertiary/aromatic N) is 2. The molecule has 2 nitrogen and oxygen atoms in total. The van der Waals surface area contributed by atoms with E-state index in [2.05, 4.69) is 47.8 Å². The van der Waals surface area contributed by atoms with Crippen molar-refractivity contribution in [3.8, 4) is 0 Å². The zero-order chi connectivity index (χ0) is 17.1. The van der Waals surface area contributed by atoms with E-state index in [1.165, 1.54) is 59.5 Å². The van der Waals surface area contributed by atoms with Gasteiger partial charge >= 0.3 is 154 Å². The van der Waals surface area contributed by atoms with Crippen LogP contribution < -0.4 is 24.0 Å². The molecule has 2 aromatic rings. The Kier molecular flexibility index (Phi) is 12.1. The van der Waals surface area contributed by atoms with E-state index in [1.54, 1.807) is 0 Å². The monoisotopic (exact) mass is 536 g/mol. The molecule has 0 atom stereocenters. The molecule has 0 amide bonds. The second kappa shape index (κ2) is 13.2. The van der Waals surface area contributed by atoms with E-state index in [1.807, 2.05) is 24.8 Å². The Balaban J connectivity index is 0.00000312. The summed E-state index contributed by atoms with van der Waals surface area (Å²) in [6.45, 7) is 4.92. The second-order valence-corrected chi connectivity index (χ2v) is 13.8. The van der Waals surface area contributed by atoms with Crippen molar-refractivity contribution in [2.45, 2.75) is 36.8 Å². The normalized spacial score (nSPS) is 11.1. The van der Waals surface area contributed by atoms with Gasteiger partial charge in [-0.3, -0.25) is 0 Å². The third kappa shape index (κ3) is 9.47. The summed E-state index contributed by atoms with van der Waals surface area (Å²) in [5, 5.41) is 2.92. The molecule has 5 heteroatoms. The van der Waals surface area contributed by atoms with Crippen LogP contribution in [0.25, 0.3) is 0 Å². The van der Waals surface area contributed by atoms with E-state index in [9.17, 15) is 0 Å². The van der Waals surface area contributed by atoms with E-state index in [0.29, 0.717) is 0 Å². The fraction of sp³-hybridized carbons (Fsp3) is 0.500. The topological polar surface area (TPSA) is 25.8 Å². The van der Waals surface area contributed by atoms with Crippen LogP contribution in [0, 0.1) is 0 Å². The van der Waals surface area contributed by atoms with Gasteiger partial charge in [-0.1, -0.05) is 0 Å². The maximum atomic E-state index is 4.14. The Morgan fingerprint density at radius 1 is 0.800 bits per heavy atom. The molecule has 0 saturated carbocycles. The summed E-state index contributed by atoms with van der Waals surface area (Å²) in [5.41, 5.74) is 2.89. The van der Waals surface area contributed by atoms with Crippen LogP contribution in [0.2, 0.25) is 10.6 Å². The van der Waals surface area contributed by atoms with Gasteiger partial charge in [0.2, 0.25) is 0 Å². The number of halogens is 1. The van der Waals surface area contributed by atoms with Crippen molar-refractivity contribution in [2.24, 2.45) is 0 Å². The number of aromatic nitrogens is 2. The van der Waals surface area contributed by atoms with Crippen LogP contribution in [0.4, 0.5) is 0 Å². The molecule has 0 aliphatic heterocycles. The maximum Gasteiger partial charge on any atom is -1.00 e. The fourth-order valence-corrected chi connectivity index (χ4v) is 10.2. The van der Waals surface area contributed by atoms with Gasteiger partial charge in [0.1, 0.15) is 0 Å². The summed E-state index contributed by atoms with van der Waals surface area (Å²) in [7, 11) is -0.866. The zero-order valence-electron chi connectivity index (χ0n) is 15.4. The van der Waals surface area contributed by atoms with Gasteiger partial charge in [-0.2, -0.15) is 0 Å². The molecule has 2 rings (SSSR count). The van der Waals surface area contributed by atoms with Crippen molar-refractivity contribution in [1.29, 1.82) is 0 Å². The van der Waals surface area contributed by atoms with Crippen LogP contribution in [0.15, 0.2) is 49.1 Å². The minimum Gasteiger partial charge on any atom is -1.00 e. The molecule has 0 aromatic carbocycles. The molecule has 2 aromatic heterocycles. The summed E-state index contributed by atoms with van der Waals surface area (Å²) >= 11 is 0.851. The van der Waals surface area contributed by atoms with Gasteiger partial charge in [-0.05, 0) is 0 Å². The first kappa shape index (κ1) is 23.0. The molecule has 0 saturated heterocycles. The molecule has 0 spiro atoms. The molecule has 0 aliphatic rings. The second-order valence-electron chi connectivity index (χ2n) is 6.61. The first-order chi connectivity index (χ1) is 11.7. The molecule has 0 fully saturated rings. The molecule has 0 radical (unpaired) electrons. The van der Waals surface area contributed by atoms with Crippen molar-refractivity contribution >= 4 is 22.2 Å². The Hall–Kier alpha value is -0.0205. The average molecular weight is 535 g/mol. The molecular formula is C20H30IN2PSe. The Bertz CT molecular complexity index is 525. The van der Waals surface area contributed by atoms with Crippen LogP contribution in [0.5, 0.6) is 0 Å². The summed E-state index contributed by atoms with van der Waals surface area (Å²) in [5.74, 6) is 0. The van der Waals surface area contributed by atoms with Crippen molar-refractivity contribution in [2.75, 3.05) is 25.2 Å². The predicted octanol–water partition coefficient (Wildman–Crippen LogP) is 1.86. The van der Waals surface area contributed by atoms with Crippen LogP contribution in [-0.4, -0.2) is 50.1 Å². The van der Waals surface area contributed by atoms with Gasteiger partial charge in [0.05, 0.1) is 0 Å². The maximum absolute atomic E-state index is 4.14. The van der Waals surface area contributed by atoms with Crippen molar-refractivity contribution in [3.63, 3.8) is 0 Å². The number of pyridine rings is 2. The quantitative estimate of drug-likeness (QED) is 0.190. The molecule has 0 aliphatic carbocycles. The summed E-state index contributed by atoms with van der Waals surface area (Å²) in [6, 6.07) is 8.70. The Morgan fingerprint density at radius 2 is 1.28 bits per heavy atom. The van der Waals surface area contributed by atoms with Gasteiger partial charge in [0, 0.05) is 0 Å². The van der Waals surface area contributed by atoms with Gasteiger partial charge in [0.15, 0.2) is 0 Å². The number of aryl methyl sites for hydroxylation is 2. The predicted molar refractivity (Wildman–Crippen MR) is 109 cm³/mol. The third-order valence-electron chi connectivity index (χ3n) is 4.50. The first-order valence-corrected chi connectivity index (χ1v) is 14.1. The summed E-state index contributed by atoms with van der Waals surface area (Å²) in [6.07, 6.45) is 15.7. The van der Waals surface area contributed by atoms with Crippen LogP contribution >= 0.6 is 7.26 Å². The third-order valence-corrected chi connectivity index (χ3v) is 11.6. The van der Waals surface area contributed by atoms with Gasteiger partial charge in [0.25, 0.3) is 0 Å². The van der Waals surface area contributed by atoms with Crippen molar-refractivity contribution in [3.05, 3.63) is 60.2 Å². The first-order valence-electron chi connectivity index (χ1n) is 8.91. The van der Waals surface area contributed by atoms with Crippen LogP contribution in [0.3, 0.4) is 0 Å². The molecule has 25 heavy (non-hydrogen) atoms. The zero-order valence-corrected chi connectivity index (χ0v) is 20.2. The number of hydrogen-bond acceptors (Lipinski definition) is 2. The van der Waals surface area contributed by atoms with E-state index in [0.717, 1.165) is 15.0 Å². The molecule has 0 N–H and O–H groups in total. The molecular weight excluding hydrogens is 505 g/mol. The van der Waals surface area contributed by atoms with E-state index >= 15 is 0 Å². The molecule has 0 unspecified atom stereocenters. The Labute approximate surface area is 177 Å². The van der Waals surface area contributed by atoms with Gasteiger partial charge < -0.3 is 24.0 Å². The molecule has 0 bridgehead atoms. The van der Waals surface area contributed by atoms with Crippen LogP contribution in [0.1, 0.15) is 24.5 Å².